The molecule has 3 heterocycles. The average Bonchev–Trinajstić information content (AvgIpc) is 3.27. The van der Waals surface area contributed by atoms with Crippen molar-refractivity contribution in [2.45, 2.75) is 52.0 Å². The van der Waals surface area contributed by atoms with Gasteiger partial charge in [0, 0.05) is 36.8 Å². The molecule has 1 fully saturated rings. The first-order valence-corrected chi connectivity index (χ1v) is 13.8. The number of ether oxygens (including phenoxy) is 2. The van der Waals surface area contributed by atoms with Crippen molar-refractivity contribution in [3.8, 4) is 5.75 Å². The Bertz CT molecular complexity index is 1650. The number of imide groups is 1. The maximum atomic E-state index is 13.4. The van der Waals surface area contributed by atoms with E-state index in [0.717, 1.165) is 33.3 Å². The van der Waals surface area contributed by atoms with Crippen LogP contribution >= 0.6 is 0 Å². The number of likely N-dealkylation sites (N-methyl/N-ethyl adjacent to an activating group) is 1. The third-order valence-electron chi connectivity index (χ3n) is 7.65. The van der Waals surface area contributed by atoms with Crippen molar-refractivity contribution in [2.75, 3.05) is 13.6 Å². The molecule has 0 radical (unpaired) electrons. The van der Waals surface area contributed by atoms with Crippen molar-refractivity contribution in [2.24, 2.45) is 0 Å². The fraction of sp³-hybridized carbons (Fsp3) is 0.303. The number of hydrogen-bond acceptors (Lipinski definition) is 5. The van der Waals surface area contributed by atoms with E-state index in [1.807, 2.05) is 81.4 Å². The number of rotatable bonds is 6. The first-order chi connectivity index (χ1) is 19.6. The summed E-state index contributed by atoms with van der Waals surface area (Å²) in [5.74, 6) is -0.329. The predicted octanol–water partition coefficient (Wildman–Crippen LogP) is 5.72. The van der Waals surface area contributed by atoms with Gasteiger partial charge < -0.3 is 18.9 Å². The number of carbonyl (C=O) groups is 3. The van der Waals surface area contributed by atoms with Crippen molar-refractivity contribution in [1.82, 2.24) is 14.4 Å². The molecule has 1 aromatic heterocycles. The molecule has 210 valence electrons. The zero-order chi connectivity index (χ0) is 28.9. The smallest absolute Gasteiger partial charge is 0.338 e. The van der Waals surface area contributed by atoms with Gasteiger partial charge in [-0.05, 0) is 56.2 Å². The van der Waals surface area contributed by atoms with Crippen LogP contribution in [0, 0.1) is 0 Å². The van der Waals surface area contributed by atoms with E-state index >= 15 is 0 Å². The molecular formula is C33H33N3O5. The summed E-state index contributed by atoms with van der Waals surface area (Å²) in [4.78, 5) is 41.8. The molecule has 0 saturated carbocycles. The molecule has 1 atom stereocenters. The van der Waals surface area contributed by atoms with Crippen LogP contribution in [0.3, 0.4) is 0 Å². The molecule has 0 N–H and O–H groups in total. The van der Waals surface area contributed by atoms with Crippen molar-refractivity contribution >= 4 is 28.8 Å². The minimum absolute atomic E-state index is 0.203. The molecule has 6 rings (SSSR count). The Balaban J connectivity index is 1.42. The van der Waals surface area contributed by atoms with Gasteiger partial charge in [0.2, 0.25) is 5.91 Å². The summed E-state index contributed by atoms with van der Waals surface area (Å²) in [5.41, 5.74) is 4.73. The lowest BCUT2D eigenvalue weighted by Gasteiger charge is -2.41. The van der Waals surface area contributed by atoms with Crippen molar-refractivity contribution < 1.29 is 23.9 Å². The fourth-order valence-corrected chi connectivity index (χ4v) is 5.74. The van der Waals surface area contributed by atoms with E-state index in [1.165, 1.54) is 4.90 Å². The molecule has 2 aliphatic rings. The first kappa shape index (κ1) is 26.6. The number of aromatic nitrogens is 1. The number of carbonyl (C=O) groups excluding carboxylic acids is 3. The second kappa shape index (κ2) is 10.1. The van der Waals surface area contributed by atoms with Crippen LogP contribution in [0.15, 0.2) is 72.8 Å². The van der Waals surface area contributed by atoms with E-state index in [-0.39, 0.29) is 17.9 Å². The highest BCUT2D eigenvalue weighted by Gasteiger charge is 2.45. The molecule has 2 bridgehead atoms. The number of esters is 1. The molecule has 4 aromatic rings. The average molecular weight is 552 g/mol. The van der Waals surface area contributed by atoms with Crippen LogP contribution in [-0.2, 0) is 29.2 Å². The molecule has 2 aliphatic heterocycles. The molecule has 1 saturated heterocycles. The van der Waals surface area contributed by atoms with E-state index in [0.29, 0.717) is 37.6 Å². The van der Waals surface area contributed by atoms with Crippen LogP contribution in [0.2, 0.25) is 0 Å². The van der Waals surface area contributed by atoms with Crippen LogP contribution in [0.25, 0.3) is 10.9 Å². The lowest BCUT2D eigenvalue weighted by molar-refractivity contribution is -0.132. The second-order valence-corrected chi connectivity index (χ2v) is 11.7. The highest BCUT2D eigenvalue weighted by atomic mass is 16.6. The number of benzene rings is 3. The van der Waals surface area contributed by atoms with Crippen LogP contribution < -0.4 is 4.74 Å². The topological polar surface area (TPSA) is 81.1 Å². The number of urea groups is 1. The number of amides is 3. The molecule has 1 unspecified atom stereocenters. The zero-order valence-electron chi connectivity index (χ0n) is 23.7. The number of fused-ring (bicyclic) bond motifs is 6. The van der Waals surface area contributed by atoms with Crippen LogP contribution in [0.5, 0.6) is 5.75 Å². The summed E-state index contributed by atoms with van der Waals surface area (Å²) in [6.45, 7) is 7.18. The molecule has 8 nitrogen and oxygen atoms in total. The van der Waals surface area contributed by atoms with E-state index in [1.54, 1.807) is 24.1 Å². The van der Waals surface area contributed by atoms with Gasteiger partial charge in [-0.3, -0.25) is 9.69 Å². The molecule has 3 aromatic carbocycles. The van der Waals surface area contributed by atoms with Crippen molar-refractivity contribution in [1.29, 1.82) is 0 Å². The van der Waals surface area contributed by atoms with Crippen molar-refractivity contribution in [3.63, 3.8) is 0 Å². The van der Waals surface area contributed by atoms with Gasteiger partial charge in [0.25, 0.3) is 0 Å². The van der Waals surface area contributed by atoms with Gasteiger partial charge in [-0.15, -0.1) is 0 Å². The van der Waals surface area contributed by atoms with E-state index in [4.69, 9.17) is 9.47 Å². The molecule has 0 aliphatic carbocycles. The summed E-state index contributed by atoms with van der Waals surface area (Å²) in [6.07, 6.45) is 0. The summed E-state index contributed by atoms with van der Waals surface area (Å²) in [6, 6.07) is 23.0. The first-order valence-electron chi connectivity index (χ1n) is 13.8. The Morgan fingerprint density at radius 2 is 1.66 bits per heavy atom. The second-order valence-electron chi connectivity index (χ2n) is 11.7. The van der Waals surface area contributed by atoms with Crippen LogP contribution in [-0.4, -0.2) is 51.5 Å². The lowest BCUT2D eigenvalue weighted by atomic mass is 9.89. The minimum atomic E-state index is -0.574. The highest BCUT2D eigenvalue weighted by Crippen LogP contribution is 2.44. The van der Waals surface area contributed by atoms with Gasteiger partial charge in [-0.2, -0.15) is 0 Å². The van der Waals surface area contributed by atoms with Gasteiger partial charge in [0.15, 0.2) is 0 Å². The minimum Gasteiger partial charge on any atom is -0.488 e. The van der Waals surface area contributed by atoms with Crippen LogP contribution in [0.4, 0.5) is 4.79 Å². The summed E-state index contributed by atoms with van der Waals surface area (Å²) < 4.78 is 14.1. The predicted molar refractivity (Wildman–Crippen MR) is 155 cm³/mol. The summed E-state index contributed by atoms with van der Waals surface area (Å²) in [7, 11) is 1.55. The largest absolute Gasteiger partial charge is 0.488 e. The SMILES string of the molecule is CN1C(=O)C2CN(Cc3c2c2c(OCc4ccccc4)cccc2n3Cc2ccc(C(=O)OC(C)(C)C)cc2)C1=O. The number of hydrogen-bond donors (Lipinski definition) is 0. The van der Waals surface area contributed by atoms with Crippen molar-refractivity contribution in [3.05, 3.63) is 101 Å². The third-order valence-corrected chi connectivity index (χ3v) is 7.65. The monoisotopic (exact) mass is 551 g/mol. The van der Waals surface area contributed by atoms with Gasteiger partial charge in [0.1, 0.15) is 18.0 Å². The Kier molecular flexibility index (Phi) is 6.56. The molecule has 8 heteroatoms. The highest BCUT2D eigenvalue weighted by molar-refractivity contribution is 6.05. The fourth-order valence-electron chi connectivity index (χ4n) is 5.74. The summed E-state index contributed by atoms with van der Waals surface area (Å²) >= 11 is 0. The van der Waals surface area contributed by atoms with E-state index < -0.39 is 11.5 Å². The zero-order valence-corrected chi connectivity index (χ0v) is 23.7. The Labute approximate surface area is 239 Å². The van der Waals surface area contributed by atoms with Gasteiger partial charge in [-0.25, -0.2) is 9.59 Å². The van der Waals surface area contributed by atoms with Gasteiger partial charge in [0.05, 0.1) is 23.5 Å². The lowest BCUT2D eigenvalue weighted by Crippen LogP contribution is -2.56. The molecule has 3 amide bonds. The number of nitrogens with zero attached hydrogens (tertiary/aromatic N) is 3. The van der Waals surface area contributed by atoms with E-state index in [9.17, 15) is 14.4 Å². The maximum Gasteiger partial charge on any atom is 0.338 e. The molecule has 0 spiro atoms. The van der Waals surface area contributed by atoms with Gasteiger partial charge >= 0.3 is 12.0 Å². The van der Waals surface area contributed by atoms with Gasteiger partial charge in [-0.1, -0.05) is 48.5 Å². The quantitative estimate of drug-likeness (QED) is 0.287. The standard InChI is InChI=1S/C33H33N3O5/c1-33(2,3)41-31(38)23-15-13-21(14-16-23)17-36-25-11-8-12-27(40-20-22-9-6-5-7-10-22)29(25)28-24-18-35(19-26(28)36)32(39)34(4)30(24)37/h5-16,24H,17-20H2,1-4H3. The Morgan fingerprint density at radius 3 is 2.37 bits per heavy atom. The normalized spacial score (nSPS) is 16.6. The summed E-state index contributed by atoms with van der Waals surface area (Å²) in [5, 5.41) is 0.907. The molecule has 41 heavy (non-hydrogen) atoms. The van der Waals surface area contributed by atoms with Crippen LogP contribution in [0.1, 0.15) is 59.4 Å². The Morgan fingerprint density at radius 1 is 0.927 bits per heavy atom. The molecular weight excluding hydrogens is 518 g/mol. The Hall–Kier alpha value is -4.59. The maximum absolute atomic E-state index is 13.4. The van der Waals surface area contributed by atoms with E-state index in [2.05, 4.69) is 4.57 Å². The third kappa shape index (κ3) is 4.94.